The summed E-state index contributed by atoms with van der Waals surface area (Å²) in [5.41, 5.74) is 19.7. The fourth-order valence-electron chi connectivity index (χ4n) is 9.56. The second-order valence-electron chi connectivity index (χ2n) is 17.7. The minimum Gasteiger partial charge on any atom is -0.507 e. The lowest BCUT2D eigenvalue weighted by Crippen LogP contribution is -2.59. The highest BCUT2D eigenvalue weighted by Gasteiger charge is 2.41. The van der Waals surface area contributed by atoms with E-state index in [2.05, 4.69) is 47.6 Å². The van der Waals surface area contributed by atoms with Gasteiger partial charge < -0.3 is 46.3 Å². The van der Waals surface area contributed by atoms with E-state index in [1.165, 1.54) is 0 Å². The molecule has 8 rings (SSSR count). The molecule has 336 valence electrons. The van der Waals surface area contributed by atoms with Crippen molar-refractivity contribution in [3.05, 3.63) is 100 Å². The largest absolute Gasteiger partial charge is 0.507 e. The predicted octanol–water partition coefficient (Wildman–Crippen LogP) is 4.98. The van der Waals surface area contributed by atoms with Crippen LogP contribution in [-0.4, -0.2) is 124 Å². The number of amides is 2. The Kier molecular flexibility index (Phi) is 13.6. The van der Waals surface area contributed by atoms with Gasteiger partial charge in [0.05, 0.1) is 33.9 Å². The van der Waals surface area contributed by atoms with Crippen molar-refractivity contribution in [3.8, 4) is 22.1 Å². The fourth-order valence-corrected chi connectivity index (χ4v) is 10.4. The number of phenols is 1. The average molecular weight is 879 g/mol. The van der Waals surface area contributed by atoms with Crippen LogP contribution in [0.1, 0.15) is 81.0 Å². The number of thiazole rings is 1. The monoisotopic (exact) mass is 878 g/mol. The van der Waals surface area contributed by atoms with Gasteiger partial charge in [-0.3, -0.25) is 19.4 Å². The summed E-state index contributed by atoms with van der Waals surface area (Å²) in [4.78, 5) is 42.4. The third-order valence-electron chi connectivity index (χ3n) is 13.0. The molecule has 2 aromatic heterocycles. The molecule has 5 atom stereocenters. The number of rotatable bonds is 15. The number of likely N-dealkylation sites (tertiary alicyclic amines) is 2. The summed E-state index contributed by atoms with van der Waals surface area (Å²) < 4.78 is 12.1. The van der Waals surface area contributed by atoms with Crippen molar-refractivity contribution in [2.45, 2.75) is 83.5 Å². The fraction of sp³-hybridized carbons (Fsp3) is 0.489. The number of ether oxygens (including phenoxy) is 1. The van der Waals surface area contributed by atoms with Gasteiger partial charge >= 0.3 is 0 Å². The Bertz CT molecular complexity index is 2290. The molecule has 4 aliphatic heterocycles. The molecule has 4 aliphatic rings. The van der Waals surface area contributed by atoms with Crippen LogP contribution < -0.4 is 26.8 Å². The van der Waals surface area contributed by atoms with Gasteiger partial charge in [0, 0.05) is 63.1 Å². The van der Waals surface area contributed by atoms with E-state index in [1.54, 1.807) is 40.5 Å². The number of hydrogen-bond acceptors (Lipinski definition) is 14. The number of nitrogens with zero attached hydrogens (tertiary/aromatic N) is 6. The van der Waals surface area contributed by atoms with Crippen molar-refractivity contribution in [3.63, 3.8) is 0 Å². The molecule has 7 N–H and O–H groups in total. The smallest absolute Gasteiger partial charge is 0.254 e. The quantitative estimate of drug-likeness (QED) is 0.108. The van der Waals surface area contributed by atoms with E-state index in [4.69, 9.17) is 20.7 Å². The molecular formula is C47H62N10O5S. The Morgan fingerprint density at radius 1 is 1.05 bits per heavy atom. The van der Waals surface area contributed by atoms with Gasteiger partial charge in [-0.25, -0.2) is 4.98 Å². The van der Waals surface area contributed by atoms with Gasteiger partial charge in [-0.2, -0.15) is 0 Å². The molecule has 4 aromatic rings. The van der Waals surface area contributed by atoms with Crippen LogP contribution in [0.2, 0.25) is 0 Å². The van der Waals surface area contributed by atoms with Crippen LogP contribution in [0, 0.1) is 12.8 Å². The summed E-state index contributed by atoms with van der Waals surface area (Å²) in [6, 6.07) is 16.5. The van der Waals surface area contributed by atoms with Crippen molar-refractivity contribution in [2.75, 3.05) is 58.9 Å². The molecule has 2 aromatic carbocycles. The summed E-state index contributed by atoms with van der Waals surface area (Å²) in [6.07, 6.45) is 5.14. The summed E-state index contributed by atoms with van der Waals surface area (Å²) >= 11 is 1.62. The highest BCUT2D eigenvalue weighted by Crippen LogP contribution is 2.34. The number of nitrogens with one attached hydrogen (secondary N) is 2. The van der Waals surface area contributed by atoms with E-state index in [9.17, 15) is 14.7 Å². The molecule has 0 saturated carbocycles. The molecule has 3 fully saturated rings. The summed E-state index contributed by atoms with van der Waals surface area (Å²) in [6.45, 7) is 15.6. The molecule has 0 radical (unpaired) electrons. The number of aryl methyl sites for hydroxylation is 1. The zero-order valence-corrected chi connectivity index (χ0v) is 37.7. The first kappa shape index (κ1) is 44.0. The number of carbonyl (C=O) groups excluding carboxylic acids is 2. The van der Waals surface area contributed by atoms with Crippen molar-refractivity contribution in [2.24, 2.45) is 17.4 Å². The van der Waals surface area contributed by atoms with E-state index in [0.717, 1.165) is 99.0 Å². The van der Waals surface area contributed by atoms with Crippen LogP contribution in [0.5, 0.6) is 11.6 Å². The Balaban J connectivity index is 0.792. The Morgan fingerprint density at radius 2 is 1.83 bits per heavy atom. The topological polar surface area (TPSA) is 192 Å². The molecule has 0 aliphatic carbocycles. The number of aromatic nitrogens is 2. The molecule has 6 heterocycles. The first-order valence-electron chi connectivity index (χ1n) is 22.4. The zero-order valence-electron chi connectivity index (χ0n) is 36.8. The number of aromatic hydroxyl groups is 1. The number of para-hydroxylation sites is 1. The number of benzene rings is 2. The number of carbonyl (C=O) groups is 2. The SMILES string of the molecule is Cc1ncsc1-c1ccc([C@H](C)NC(=O)[C@@H]2CCCN2C(=O)[C@@H](c2cc(OC3CCN(CCCN4CCN5C(/C=C(\N)c6ccccc6O)=C(N)NC[C@H]5C4)C3)no2)C(C)C)cc1. The number of nitrogens with two attached hydrogens (primary N) is 2. The van der Waals surface area contributed by atoms with Crippen LogP contribution in [0.15, 0.2) is 82.2 Å². The van der Waals surface area contributed by atoms with Gasteiger partial charge in [0.15, 0.2) is 5.76 Å². The van der Waals surface area contributed by atoms with E-state index in [1.807, 2.05) is 57.5 Å². The molecule has 3 saturated heterocycles. The van der Waals surface area contributed by atoms with Crippen LogP contribution in [0.4, 0.5) is 0 Å². The van der Waals surface area contributed by atoms with Crippen molar-refractivity contribution in [1.82, 2.24) is 40.4 Å². The lowest BCUT2D eigenvalue weighted by Gasteiger charge is -2.46. The van der Waals surface area contributed by atoms with Crippen molar-refractivity contribution < 1.29 is 24.0 Å². The van der Waals surface area contributed by atoms with Gasteiger partial charge in [-0.05, 0) is 93.0 Å². The van der Waals surface area contributed by atoms with E-state index >= 15 is 0 Å². The average Bonchev–Trinajstić information content (AvgIpc) is 4.11. The second-order valence-corrected chi connectivity index (χ2v) is 18.6. The third kappa shape index (κ3) is 9.98. The van der Waals surface area contributed by atoms with Gasteiger partial charge in [0.2, 0.25) is 11.8 Å². The molecule has 2 amide bonds. The maximum Gasteiger partial charge on any atom is 0.254 e. The first-order valence-corrected chi connectivity index (χ1v) is 23.3. The first-order chi connectivity index (χ1) is 30.4. The van der Waals surface area contributed by atoms with E-state index < -0.39 is 12.0 Å². The minimum atomic E-state index is -0.590. The van der Waals surface area contributed by atoms with Crippen LogP contribution >= 0.6 is 11.3 Å². The normalized spacial score (nSPS) is 22.0. The summed E-state index contributed by atoms with van der Waals surface area (Å²) in [5.74, 6) is 0.659. The Hall–Kier alpha value is -5.58. The minimum absolute atomic E-state index is 0.0244. The molecule has 15 nitrogen and oxygen atoms in total. The van der Waals surface area contributed by atoms with E-state index in [0.29, 0.717) is 41.7 Å². The van der Waals surface area contributed by atoms with Crippen molar-refractivity contribution in [1.29, 1.82) is 0 Å². The molecule has 0 bridgehead atoms. The standard InChI is InChI=1S/C47H62N10O5S/c1-29(2)43(47(60)57-19-7-10-38(57)46(59)52-30(3)32-12-14-33(15-13-32)44-31(4)51-28-63-44)41-24-42(53-62-41)61-35-16-20-54(27-35)17-8-18-55-21-22-56-34(26-55)25-50-45(49)39(56)23-37(48)36-9-5-6-11-40(36)58/h5-6,9,11-15,23-24,28-30,34-35,38,43,50,58H,7-8,10,16-22,25-27,48-49H2,1-4H3,(H,52,59)/b37-23-/t30-,34-,35?,38-,43+/m0/s1. The maximum absolute atomic E-state index is 14.2. The molecule has 1 unspecified atom stereocenters. The number of hydrogen-bond donors (Lipinski definition) is 5. The molecular weight excluding hydrogens is 817 g/mol. The second kappa shape index (κ2) is 19.4. The lowest BCUT2D eigenvalue weighted by atomic mass is 9.91. The van der Waals surface area contributed by atoms with Crippen LogP contribution in [0.3, 0.4) is 0 Å². The van der Waals surface area contributed by atoms with Gasteiger partial charge in [0.25, 0.3) is 5.88 Å². The number of phenolic OH excluding ortho intramolecular Hbond substituents is 1. The lowest BCUT2D eigenvalue weighted by molar-refractivity contribution is -0.141. The maximum atomic E-state index is 14.2. The summed E-state index contributed by atoms with van der Waals surface area (Å²) in [5, 5.41) is 21.1. The van der Waals surface area contributed by atoms with E-state index in [-0.39, 0.29) is 41.7 Å². The highest BCUT2D eigenvalue weighted by atomic mass is 32.1. The predicted molar refractivity (Wildman–Crippen MR) is 244 cm³/mol. The molecule has 63 heavy (non-hydrogen) atoms. The number of fused-ring (bicyclic) bond motifs is 1. The van der Waals surface area contributed by atoms with Crippen LogP contribution in [0.25, 0.3) is 16.1 Å². The van der Waals surface area contributed by atoms with Gasteiger partial charge in [-0.1, -0.05) is 50.2 Å². The van der Waals surface area contributed by atoms with Gasteiger partial charge in [0.1, 0.15) is 29.6 Å². The van der Waals surface area contributed by atoms with Crippen molar-refractivity contribution >= 4 is 28.8 Å². The van der Waals surface area contributed by atoms with Crippen LogP contribution in [-0.2, 0) is 9.59 Å². The Labute approximate surface area is 374 Å². The highest BCUT2D eigenvalue weighted by molar-refractivity contribution is 7.13. The third-order valence-corrected chi connectivity index (χ3v) is 14.0. The zero-order chi connectivity index (χ0) is 44.2. The number of piperazine rings is 1. The summed E-state index contributed by atoms with van der Waals surface area (Å²) in [7, 11) is 0. The Morgan fingerprint density at radius 3 is 2.57 bits per heavy atom. The molecule has 0 spiro atoms. The molecule has 16 heteroatoms. The van der Waals surface area contributed by atoms with Gasteiger partial charge in [-0.15, -0.1) is 11.3 Å². The number of allylic oxidation sites excluding steroid dienone is 1.